The number of carbonyl (C=O) groups excluding carboxylic acids is 1. The van der Waals surface area contributed by atoms with Crippen molar-refractivity contribution in [1.82, 2.24) is 9.78 Å². The molecule has 0 saturated carbocycles. The topological polar surface area (TPSA) is 87.5 Å². The van der Waals surface area contributed by atoms with Crippen LogP contribution in [-0.4, -0.2) is 48.7 Å². The van der Waals surface area contributed by atoms with Crippen LogP contribution in [0.3, 0.4) is 0 Å². The summed E-state index contributed by atoms with van der Waals surface area (Å²) in [5.41, 5.74) is 3.00. The summed E-state index contributed by atoms with van der Waals surface area (Å²) < 4.78 is 36.3. The van der Waals surface area contributed by atoms with Crippen LogP contribution in [0.4, 0.5) is 0 Å². The fourth-order valence-electron chi connectivity index (χ4n) is 3.69. The predicted molar refractivity (Wildman–Crippen MR) is 105 cm³/mol. The molecule has 28 heavy (non-hydrogen) atoms. The molecule has 4 rings (SSSR count). The zero-order chi connectivity index (χ0) is 19.9. The van der Waals surface area contributed by atoms with Crippen LogP contribution in [0.15, 0.2) is 24.3 Å². The van der Waals surface area contributed by atoms with Crippen LogP contribution in [0.2, 0.25) is 0 Å². The number of hydrogen-bond donors (Lipinski definition) is 0. The molecule has 2 aromatic rings. The van der Waals surface area contributed by atoms with E-state index in [-0.39, 0.29) is 23.3 Å². The number of aryl methyl sites for hydroxylation is 1. The second-order valence-corrected chi connectivity index (χ2v) is 9.37. The van der Waals surface area contributed by atoms with E-state index >= 15 is 0 Å². The van der Waals surface area contributed by atoms with Crippen molar-refractivity contribution in [2.24, 2.45) is 0 Å². The highest BCUT2D eigenvalue weighted by molar-refractivity contribution is 7.91. The van der Waals surface area contributed by atoms with Gasteiger partial charge >= 0.3 is 0 Å². The molecule has 0 amide bonds. The first-order valence-electron chi connectivity index (χ1n) is 9.22. The van der Waals surface area contributed by atoms with E-state index in [1.54, 1.807) is 29.0 Å². The molecule has 0 N–H and O–H groups in total. The highest BCUT2D eigenvalue weighted by atomic mass is 32.2. The smallest absolute Gasteiger partial charge is 0.185 e. The lowest BCUT2D eigenvalue weighted by atomic mass is 10.1. The fourth-order valence-corrected chi connectivity index (χ4v) is 5.38. The molecule has 1 atom stereocenters. The Morgan fingerprint density at radius 3 is 2.68 bits per heavy atom. The SMILES string of the molecule is Cc1nn([C@H]2CCS(=O)(=O)C2)c(C)c1/C=C/C(=O)c1ccc2c(c1)OCCO2. The van der Waals surface area contributed by atoms with Gasteiger partial charge in [-0.1, -0.05) is 0 Å². The number of fused-ring (bicyclic) bond motifs is 1. The largest absolute Gasteiger partial charge is 0.486 e. The molecule has 2 aliphatic rings. The Kier molecular flexibility index (Phi) is 4.74. The Morgan fingerprint density at radius 1 is 1.21 bits per heavy atom. The molecule has 2 aliphatic heterocycles. The predicted octanol–water partition coefficient (Wildman–Crippen LogP) is 2.53. The van der Waals surface area contributed by atoms with Crippen molar-refractivity contribution in [3.8, 4) is 11.5 Å². The van der Waals surface area contributed by atoms with E-state index in [2.05, 4.69) is 5.10 Å². The average Bonchev–Trinajstić information content (AvgIpc) is 3.18. The van der Waals surface area contributed by atoms with Crippen molar-refractivity contribution in [2.45, 2.75) is 26.3 Å². The third-order valence-electron chi connectivity index (χ3n) is 5.16. The fraction of sp³-hybridized carbons (Fsp3) is 0.400. The van der Waals surface area contributed by atoms with Gasteiger partial charge in [0.2, 0.25) is 0 Å². The van der Waals surface area contributed by atoms with Gasteiger partial charge in [-0.25, -0.2) is 8.42 Å². The van der Waals surface area contributed by atoms with E-state index in [1.165, 1.54) is 6.08 Å². The van der Waals surface area contributed by atoms with E-state index in [4.69, 9.17) is 9.47 Å². The lowest BCUT2D eigenvalue weighted by Crippen LogP contribution is -2.15. The highest BCUT2D eigenvalue weighted by Gasteiger charge is 2.31. The summed E-state index contributed by atoms with van der Waals surface area (Å²) in [4.78, 5) is 12.6. The zero-order valence-corrected chi connectivity index (χ0v) is 16.7. The molecule has 1 aromatic carbocycles. The molecule has 8 heteroatoms. The molecule has 1 fully saturated rings. The molecule has 0 radical (unpaired) electrons. The number of rotatable bonds is 4. The second kappa shape index (κ2) is 7.09. The maximum Gasteiger partial charge on any atom is 0.185 e. The molecule has 3 heterocycles. The lowest BCUT2D eigenvalue weighted by molar-refractivity contribution is 0.104. The van der Waals surface area contributed by atoms with Crippen LogP contribution < -0.4 is 9.47 Å². The van der Waals surface area contributed by atoms with E-state index < -0.39 is 9.84 Å². The van der Waals surface area contributed by atoms with Crippen LogP contribution in [0.5, 0.6) is 11.5 Å². The summed E-state index contributed by atoms with van der Waals surface area (Å²) >= 11 is 0. The van der Waals surface area contributed by atoms with E-state index in [9.17, 15) is 13.2 Å². The Morgan fingerprint density at radius 2 is 1.96 bits per heavy atom. The molecular formula is C20H22N2O5S. The van der Waals surface area contributed by atoms with Gasteiger partial charge in [-0.3, -0.25) is 9.48 Å². The Labute approximate surface area is 163 Å². The van der Waals surface area contributed by atoms with Crippen LogP contribution in [0.1, 0.15) is 39.8 Å². The molecule has 1 aromatic heterocycles. The van der Waals surface area contributed by atoms with Crippen molar-refractivity contribution in [2.75, 3.05) is 24.7 Å². The Hall–Kier alpha value is -2.61. The summed E-state index contributed by atoms with van der Waals surface area (Å²) in [7, 11) is -2.99. The zero-order valence-electron chi connectivity index (χ0n) is 15.8. The second-order valence-electron chi connectivity index (χ2n) is 7.14. The van der Waals surface area contributed by atoms with Gasteiger partial charge in [-0.2, -0.15) is 5.10 Å². The Bertz CT molecular complexity index is 1070. The third kappa shape index (κ3) is 3.56. The summed E-state index contributed by atoms with van der Waals surface area (Å²) in [5.74, 6) is 1.39. The number of benzene rings is 1. The maximum absolute atomic E-state index is 12.6. The number of allylic oxidation sites excluding steroid dienone is 1. The molecular weight excluding hydrogens is 380 g/mol. The molecule has 7 nitrogen and oxygen atoms in total. The quantitative estimate of drug-likeness (QED) is 0.577. The molecule has 148 valence electrons. The summed E-state index contributed by atoms with van der Waals surface area (Å²) in [5, 5.41) is 4.52. The number of nitrogens with zero attached hydrogens (tertiary/aromatic N) is 2. The van der Waals surface area contributed by atoms with Gasteiger partial charge in [0.25, 0.3) is 0 Å². The average molecular weight is 402 g/mol. The number of sulfone groups is 1. The van der Waals surface area contributed by atoms with Crippen molar-refractivity contribution >= 4 is 21.7 Å². The van der Waals surface area contributed by atoms with Crippen molar-refractivity contribution in [1.29, 1.82) is 0 Å². The molecule has 1 saturated heterocycles. The highest BCUT2D eigenvalue weighted by Crippen LogP contribution is 2.31. The summed E-state index contributed by atoms with van der Waals surface area (Å²) in [6.45, 7) is 4.74. The number of hydrogen-bond acceptors (Lipinski definition) is 6. The molecule has 0 aliphatic carbocycles. The van der Waals surface area contributed by atoms with Crippen molar-refractivity contribution in [3.05, 3.63) is 46.8 Å². The van der Waals surface area contributed by atoms with Gasteiger partial charge in [-0.05, 0) is 50.6 Å². The number of aromatic nitrogens is 2. The minimum absolute atomic E-state index is 0.119. The van der Waals surface area contributed by atoms with Gasteiger partial charge in [0.1, 0.15) is 13.2 Å². The maximum atomic E-state index is 12.6. The minimum Gasteiger partial charge on any atom is -0.486 e. The van der Waals surface area contributed by atoms with Crippen molar-refractivity contribution in [3.63, 3.8) is 0 Å². The first kappa shape index (κ1) is 18.7. The standard InChI is InChI=1S/C20H22N2O5S/c1-13-17(14(2)22(21-13)16-7-10-28(24,25)12-16)4-5-18(23)15-3-6-19-20(11-15)27-9-8-26-19/h3-6,11,16H,7-10,12H2,1-2H3/b5-4+/t16-/m0/s1. The van der Waals surface area contributed by atoms with Gasteiger partial charge in [0, 0.05) is 16.8 Å². The number of ether oxygens (including phenoxy) is 2. The van der Waals surface area contributed by atoms with Crippen molar-refractivity contribution < 1.29 is 22.7 Å². The number of carbonyl (C=O) groups is 1. The van der Waals surface area contributed by atoms with Gasteiger partial charge in [-0.15, -0.1) is 0 Å². The van der Waals surface area contributed by atoms with E-state index in [1.807, 2.05) is 13.8 Å². The lowest BCUT2D eigenvalue weighted by Gasteiger charge is -2.18. The van der Waals surface area contributed by atoms with E-state index in [0.717, 1.165) is 17.0 Å². The normalized spacial score (nSPS) is 20.6. The monoisotopic (exact) mass is 402 g/mol. The van der Waals surface area contributed by atoms with Crippen LogP contribution in [-0.2, 0) is 9.84 Å². The molecule has 0 spiro atoms. The number of ketones is 1. The van der Waals surface area contributed by atoms with E-state index in [0.29, 0.717) is 36.7 Å². The third-order valence-corrected chi connectivity index (χ3v) is 6.91. The molecule has 0 bridgehead atoms. The summed E-state index contributed by atoms with van der Waals surface area (Å²) in [6.07, 6.45) is 3.83. The molecule has 0 unspecified atom stereocenters. The van der Waals surface area contributed by atoms with Crippen LogP contribution >= 0.6 is 0 Å². The van der Waals surface area contributed by atoms with Crippen LogP contribution in [0, 0.1) is 13.8 Å². The first-order valence-corrected chi connectivity index (χ1v) is 11.0. The summed E-state index contributed by atoms with van der Waals surface area (Å²) in [6, 6.07) is 5.00. The first-order chi connectivity index (χ1) is 13.3. The van der Waals surface area contributed by atoms with Gasteiger partial charge in [0.15, 0.2) is 27.1 Å². The van der Waals surface area contributed by atoms with Crippen LogP contribution in [0.25, 0.3) is 6.08 Å². The van der Waals surface area contributed by atoms with Gasteiger partial charge in [0.05, 0.1) is 23.2 Å². The van der Waals surface area contributed by atoms with Gasteiger partial charge < -0.3 is 9.47 Å². The minimum atomic E-state index is -2.99. The Balaban J connectivity index is 1.56.